The monoisotopic (exact) mass is 721 g/mol. The fraction of sp³-hybridized carbons (Fsp3) is 0.164. The van der Waals surface area contributed by atoms with Crippen LogP contribution in [0.25, 0.3) is 33.0 Å². The highest BCUT2D eigenvalue weighted by molar-refractivity contribution is 5.97. The highest BCUT2D eigenvalue weighted by Gasteiger charge is 2.47. The van der Waals surface area contributed by atoms with Gasteiger partial charge in [-0.2, -0.15) is 0 Å². The predicted octanol–water partition coefficient (Wildman–Crippen LogP) is 14.4. The van der Waals surface area contributed by atoms with Gasteiger partial charge in [-0.05, 0) is 136 Å². The molecule has 1 nitrogen and oxygen atoms in total. The Labute approximate surface area is 331 Å². The van der Waals surface area contributed by atoms with E-state index in [0.29, 0.717) is 12.0 Å². The largest absolute Gasteiger partial charge is 0.338 e. The minimum atomic E-state index is -0.464. The summed E-state index contributed by atoms with van der Waals surface area (Å²) in [4.78, 5) is 2.76. The highest BCUT2D eigenvalue weighted by Crippen LogP contribution is 2.58. The molecule has 56 heavy (non-hydrogen) atoms. The summed E-state index contributed by atoms with van der Waals surface area (Å²) in [5.74, 6) is 0.586. The fourth-order valence-corrected chi connectivity index (χ4v) is 10.3. The van der Waals surface area contributed by atoms with Crippen LogP contribution in [0.5, 0.6) is 0 Å². The topological polar surface area (TPSA) is 3.24 Å². The molecule has 0 unspecified atom stereocenters. The van der Waals surface area contributed by atoms with Crippen LogP contribution in [0.4, 0.5) is 11.4 Å². The summed E-state index contributed by atoms with van der Waals surface area (Å²) in [7, 11) is 0. The smallest absolute Gasteiger partial charge is 0.0714 e. The first-order valence-corrected chi connectivity index (χ1v) is 20.4. The summed E-state index contributed by atoms with van der Waals surface area (Å²) in [5.41, 5.74) is 16.8. The third-order valence-corrected chi connectivity index (χ3v) is 12.9. The van der Waals surface area contributed by atoms with Crippen molar-refractivity contribution in [3.63, 3.8) is 0 Å². The van der Waals surface area contributed by atoms with Crippen molar-refractivity contribution in [3.05, 3.63) is 227 Å². The molecule has 0 atom stereocenters. The van der Waals surface area contributed by atoms with Gasteiger partial charge in [-0.3, -0.25) is 0 Å². The Balaban J connectivity index is 1.23. The van der Waals surface area contributed by atoms with Crippen LogP contribution < -0.4 is 4.90 Å². The van der Waals surface area contributed by atoms with E-state index in [4.69, 9.17) is 0 Å². The number of aryl methyl sites for hydroxylation is 2. The zero-order chi connectivity index (χ0) is 37.6. The van der Waals surface area contributed by atoms with Gasteiger partial charge in [-0.1, -0.05) is 164 Å². The maximum Gasteiger partial charge on any atom is 0.0714 e. The molecule has 8 aromatic carbocycles. The van der Waals surface area contributed by atoms with E-state index in [0.717, 1.165) is 12.8 Å². The number of anilines is 2. The SMILES string of the molecule is Cc1ccccc1-c1cc2ccccc2cc1N(c1ccc2c(c1)C(c1ccccc1)(c1ccccc1)c1cccc(C)c1-2)C1CCC(c2ccccc2)CC1. The van der Waals surface area contributed by atoms with E-state index in [-0.39, 0.29) is 0 Å². The quantitative estimate of drug-likeness (QED) is 0.158. The summed E-state index contributed by atoms with van der Waals surface area (Å²) in [6.07, 6.45) is 4.59. The molecule has 1 fully saturated rings. The third-order valence-electron chi connectivity index (χ3n) is 12.9. The lowest BCUT2D eigenvalue weighted by Crippen LogP contribution is -2.35. The molecule has 0 saturated heterocycles. The van der Waals surface area contributed by atoms with Gasteiger partial charge >= 0.3 is 0 Å². The molecule has 1 saturated carbocycles. The Morgan fingerprint density at radius 2 is 1.04 bits per heavy atom. The van der Waals surface area contributed by atoms with E-state index < -0.39 is 5.41 Å². The second kappa shape index (κ2) is 14.2. The van der Waals surface area contributed by atoms with E-state index in [1.807, 2.05) is 0 Å². The van der Waals surface area contributed by atoms with Crippen LogP contribution in [0.15, 0.2) is 188 Å². The number of fused-ring (bicyclic) bond motifs is 4. The van der Waals surface area contributed by atoms with Crippen LogP contribution in [-0.4, -0.2) is 6.04 Å². The maximum absolute atomic E-state index is 2.76. The first-order chi connectivity index (χ1) is 27.6. The van der Waals surface area contributed by atoms with Crippen molar-refractivity contribution in [3.8, 4) is 22.3 Å². The standard InChI is InChI=1S/C55H47N/c1-38-17-12-15-27-48(38)50-35-42-21-13-14-22-43(42)36-53(50)56(46-31-29-41(30-32-46)40-19-6-3-7-20-40)47-33-34-49-52(37-47)55(44-23-8-4-9-24-44,45-25-10-5-11-26-45)51-28-16-18-39(2)54(49)51/h3-28,33-37,41,46H,29-32H2,1-2H3. The van der Waals surface area contributed by atoms with Crippen molar-refractivity contribution in [1.29, 1.82) is 0 Å². The van der Waals surface area contributed by atoms with Gasteiger partial charge in [0.2, 0.25) is 0 Å². The van der Waals surface area contributed by atoms with Crippen LogP contribution in [0.3, 0.4) is 0 Å². The summed E-state index contributed by atoms with van der Waals surface area (Å²) >= 11 is 0. The maximum atomic E-state index is 2.76. The number of hydrogen-bond donors (Lipinski definition) is 0. The normalized spacial score (nSPS) is 17.0. The summed E-state index contributed by atoms with van der Waals surface area (Å²) < 4.78 is 0. The van der Waals surface area contributed by atoms with Gasteiger partial charge in [0, 0.05) is 23.0 Å². The van der Waals surface area contributed by atoms with Gasteiger partial charge in [0.05, 0.1) is 5.41 Å². The molecule has 0 N–H and O–H groups in total. The van der Waals surface area contributed by atoms with E-state index in [1.54, 1.807) is 0 Å². The Morgan fingerprint density at radius 3 is 1.71 bits per heavy atom. The molecule has 0 amide bonds. The van der Waals surface area contributed by atoms with Gasteiger partial charge in [0.1, 0.15) is 0 Å². The zero-order valence-electron chi connectivity index (χ0n) is 32.3. The van der Waals surface area contributed by atoms with Gasteiger partial charge in [-0.25, -0.2) is 0 Å². The highest BCUT2D eigenvalue weighted by atomic mass is 15.2. The van der Waals surface area contributed by atoms with Crippen molar-refractivity contribution < 1.29 is 0 Å². The molecule has 0 aliphatic heterocycles. The molecule has 8 aromatic rings. The molecule has 10 rings (SSSR count). The molecule has 0 aromatic heterocycles. The number of rotatable bonds is 7. The lowest BCUT2D eigenvalue weighted by molar-refractivity contribution is 0.392. The van der Waals surface area contributed by atoms with Crippen LogP contribution in [-0.2, 0) is 5.41 Å². The lowest BCUT2D eigenvalue weighted by atomic mass is 9.67. The van der Waals surface area contributed by atoms with Crippen molar-refractivity contribution in [2.24, 2.45) is 0 Å². The average molecular weight is 722 g/mol. The minimum absolute atomic E-state index is 0.338. The predicted molar refractivity (Wildman–Crippen MR) is 236 cm³/mol. The van der Waals surface area contributed by atoms with Gasteiger partial charge in [0.25, 0.3) is 0 Å². The molecule has 272 valence electrons. The van der Waals surface area contributed by atoms with E-state index >= 15 is 0 Å². The number of nitrogens with zero attached hydrogens (tertiary/aromatic N) is 1. The molecule has 0 radical (unpaired) electrons. The van der Waals surface area contributed by atoms with Crippen molar-refractivity contribution >= 4 is 22.1 Å². The zero-order valence-corrected chi connectivity index (χ0v) is 32.3. The number of benzene rings is 8. The van der Waals surface area contributed by atoms with E-state index in [2.05, 4.69) is 207 Å². The third kappa shape index (κ3) is 5.60. The first kappa shape index (κ1) is 34.3. The van der Waals surface area contributed by atoms with Crippen LogP contribution in [0.1, 0.15) is 70.5 Å². The molecule has 2 aliphatic carbocycles. The van der Waals surface area contributed by atoms with Gasteiger partial charge < -0.3 is 4.90 Å². The van der Waals surface area contributed by atoms with E-state index in [1.165, 1.54) is 96.2 Å². The molecule has 0 spiro atoms. The van der Waals surface area contributed by atoms with Gasteiger partial charge in [0.15, 0.2) is 0 Å². The molecule has 0 heterocycles. The van der Waals surface area contributed by atoms with Crippen LogP contribution in [0, 0.1) is 13.8 Å². The second-order valence-corrected chi connectivity index (χ2v) is 16.0. The second-order valence-electron chi connectivity index (χ2n) is 16.0. The van der Waals surface area contributed by atoms with E-state index in [9.17, 15) is 0 Å². The Hall–Kier alpha value is -6.18. The molecule has 0 bridgehead atoms. The van der Waals surface area contributed by atoms with Crippen molar-refractivity contribution in [1.82, 2.24) is 0 Å². The minimum Gasteiger partial charge on any atom is -0.338 e. The summed E-state index contributed by atoms with van der Waals surface area (Å²) in [6.45, 7) is 4.54. The fourth-order valence-electron chi connectivity index (χ4n) is 10.3. The Bertz CT molecular complexity index is 2630. The Kier molecular flexibility index (Phi) is 8.67. The molecular formula is C55H47N. The number of hydrogen-bond acceptors (Lipinski definition) is 1. The summed E-state index contributed by atoms with van der Waals surface area (Å²) in [6, 6.07) is 71.1. The van der Waals surface area contributed by atoms with Crippen LogP contribution in [0.2, 0.25) is 0 Å². The van der Waals surface area contributed by atoms with Crippen LogP contribution >= 0.6 is 0 Å². The average Bonchev–Trinajstić information content (AvgIpc) is 3.56. The van der Waals surface area contributed by atoms with Gasteiger partial charge in [-0.15, -0.1) is 0 Å². The van der Waals surface area contributed by atoms with Crippen molar-refractivity contribution in [2.75, 3.05) is 4.90 Å². The summed E-state index contributed by atoms with van der Waals surface area (Å²) in [5, 5.41) is 2.55. The first-order valence-electron chi connectivity index (χ1n) is 20.4. The van der Waals surface area contributed by atoms with Crippen molar-refractivity contribution in [2.45, 2.75) is 56.9 Å². The molecule has 1 heteroatoms. The Morgan fingerprint density at radius 1 is 0.446 bits per heavy atom. The lowest BCUT2D eigenvalue weighted by Gasteiger charge is -2.41. The molecule has 2 aliphatic rings. The molecular weight excluding hydrogens is 675 g/mol.